The number of rotatable bonds is 3. The van der Waals surface area contributed by atoms with Crippen LogP contribution in [0.4, 0.5) is 10.5 Å². The Morgan fingerprint density at radius 2 is 2.21 bits per heavy atom. The Balaban J connectivity index is 2.55. The number of hydrogen-bond donors (Lipinski definition) is 1. The van der Waals surface area contributed by atoms with Crippen molar-refractivity contribution in [3.63, 3.8) is 0 Å². The van der Waals surface area contributed by atoms with Crippen molar-refractivity contribution in [1.82, 2.24) is 9.88 Å². The molecule has 1 amide bonds. The third-order valence-corrected chi connectivity index (χ3v) is 2.76. The van der Waals surface area contributed by atoms with Gasteiger partial charge < -0.3 is 10.0 Å². The van der Waals surface area contributed by atoms with Gasteiger partial charge in [0.2, 0.25) is 0 Å². The maximum Gasteiger partial charge on any atom is 0.407 e. The van der Waals surface area contributed by atoms with E-state index in [0.29, 0.717) is 16.5 Å². The monoisotopic (exact) mass is 261 g/mol. The molecule has 0 radical (unpaired) electrons. The van der Waals surface area contributed by atoms with Crippen LogP contribution in [-0.2, 0) is 6.54 Å². The SMILES string of the molecule is CN(Cc1ccc([N+](=O)[O-])c2cccnc12)C(=O)O. The Labute approximate surface area is 108 Å². The quantitative estimate of drug-likeness (QED) is 0.675. The number of nitro benzene ring substituents is 1. The molecule has 0 aliphatic heterocycles. The Morgan fingerprint density at radius 1 is 1.47 bits per heavy atom. The van der Waals surface area contributed by atoms with Crippen LogP contribution in [0.25, 0.3) is 10.9 Å². The number of hydrogen-bond acceptors (Lipinski definition) is 4. The van der Waals surface area contributed by atoms with Gasteiger partial charge in [0, 0.05) is 19.3 Å². The molecule has 0 saturated heterocycles. The molecule has 7 heteroatoms. The van der Waals surface area contributed by atoms with Crippen LogP contribution in [0.1, 0.15) is 5.56 Å². The van der Waals surface area contributed by atoms with Crippen molar-refractivity contribution in [1.29, 1.82) is 0 Å². The van der Waals surface area contributed by atoms with Gasteiger partial charge in [-0.25, -0.2) is 4.79 Å². The minimum Gasteiger partial charge on any atom is -0.465 e. The zero-order valence-corrected chi connectivity index (χ0v) is 10.1. The molecule has 0 saturated carbocycles. The zero-order valence-electron chi connectivity index (χ0n) is 10.1. The predicted molar refractivity (Wildman–Crippen MR) is 67.9 cm³/mol. The molecular formula is C12H11N3O4. The summed E-state index contributed by atoms with van der Waals surface area (Å²) in [4.78, 5) is 26.5. The van der Waals surface area contributed by atoms with E-state index >= 15 is 0 Å². The molecule has 2 rings (SSSR count). The fourth-order valence-electron chi connectivity index (χ4n) is 1.83. The highest BCUT2D eigenvalue weighted by Crippen LogP contribution is 2.27. The molecule has 0 aliphatic carbocycles. The van der Waals surface area contributed by atoms with Gasteiger partial charge in [0.1, 0.15) is 0 Å². The van der Waals surface area contributed by atoms with Crippen molar-refractivity contribution < 1.29 is 14.8 Å². The van der Waals surface area contributed by atoms with Crippen molar-refractivity contribution in [2.24, 2.45) is 0 Å². The first-order chi connectivity index (χ1) is 9.00. The molecule has 1 aromatic carbocycles. The van der Waals surface area contributed by atoms with Gasteiger partial charge in [-0.1, -0.05) is 0 Å². The van der Waals surface area contributed by atoms with Crippen LogP contribution in [0, 0.1) is 10.1 Å². The fraction of sp³-hybridized carbons (Fsp3) is 0.167. The number of non-ortho nitro benzene ring substituents is 1. The second-order valence-electron chi connectivity index (χ2n) is 4.04. The first-order valence-electron chi connectivity index (χ1n) is 5.45. The molecule has 0 atom stereocenters. The Bertz CT molecular complexity index is 656. The number of fused-ring (bicyclic) bond motifs is 1. The molecule has 98 valence electrons. The number of nitro groups is 1. The van der Waals surface area contributed by atoms with Gasteiger partial charge in [0.25, 0.3) is 5.69 Å². The van der Waals surface area contributed by atoms with Gasteiger partial charge >= 0.3 is 6.09 Å². The van der Waals surface area contributed by atoms with Crippen molar-refractivity contribution in [2.45, 2.75) is 6.54 Å². The summed E-state index contributed by atoms with van der Waals surface area (Å²) in [5.74, 6) is 0. The molecule has 19 heavy (non-hydrogen) atoms. The van der Waals surface area contributed by atoms with Crippen LogP contribution in [0.5, 0.6) is 0 Å². The normalized spacial score (nSPS) is 10.4. The molecule has 0 unspecified atom stereocenters. The second-order valence-corrected chi connectivity index (χ2v) is 4.04. The minimum absolute atomic E-state index is 0.0372. The van der Waals surface area contributed by atoms with Crippen molar-refractivity contribution in [3.8, 4) is 0 Å². The van der Waals surface area contributed by atoms with Crippen LogP contribution in [0.15, 0.2) is 30.5 Å². The number of carboxylic acid groups (broad SMARTS) is 1. The van der Waals surface area contributed by atoms with Gasteiger partial charge in [-0.3, -0.25) is 15.1 Å². The first kappa shape index (κ1) is 12.7. The van der Waals surface area contributed by atoms with E-state index in [0.717, 1.165) is 4.90 Å². The number of pyridine rings is 1. The Hall–Kier alpha value is -2.70. The maximum atomic E-state index is 10.9. The topological polar surface area (TPSA) is 96.6 Å². The van der Waals surface area contributed by atoms with Crippen LogP contribution >= 0.6 is 0 Å². The molecule has 0 bridgehead atoms. The van der Waals surface area contributed by atoms with Crippen LogP contribution in [0.3, 0.4) is 0 Å². The Kier molecular flexibility index (Phi) is 3.28. The molecule has 1 aromatic heterocycles. The fourth-order valence-corrected chi connectivity index (χ4v) is 1.83. The average Bonchev–Trinajstić information content (AvgIpc) is 2.38. The lowest BCUT2D eigenvalue weighted by molar-refractivity contribution is -0.383. The van der Waals surface area contributed by atoms with Gasteiger partial charge in [0.05, 0.1) is 22.4 Å². The molecule has 1 heterocycles. The summed E-state index contributed by atoms with van der Waals surface area (Å²) < 4.78 is 0. The summed E-state index contributed by atoms with van der Waals surface area (Å²) >= 11 is 0. The van der Waals surface area contributed by atoms with Gasteiger partial charge in [0.15, 0.2) is 0 Å². The summed E-state index contributed by atoms with van der Waals surface area (Å²) in [6.07, 6.45) is 0.457. The molecule has 1 N–H and O–H groups in total. The lowest BCUT2D eigenvalue weighted by Crippen LogP contribution is -2.24. The third kappa shape index (κ3) is 2.44. The highest BCUT2D eigenvalue weighted by Gasteiger charge is 2.16. The van der Waals surface area contributed by atoms with Gasteiger partial charge in [-0.2, -0.15) is 0 Å². The van der Waals surface area contributed by atoms with Crippen molar-refractivity contribution in [2.75, 3.05) is 7.05 Å². The minimum atomic E-state index is -1.07. The zero-order chi connectivity index (χ0) is 14.0. The number of amides is 1. The second kappa shape index (κ2) is 4.89. The smallest absolute Gasteiger partial charge is 0.407 e. The van der Waals surface area contributed by atoms with Crippen molar-refractivity contribution in [3.05, 3.63) is 46.1 Å². The number of aromatic nitrogens is 1. The number of benzene rings is 1. The van der Waals surface area contributed by atoms with E-state index in [2.05, 4.69) is 4.98 Å². The summed E-state index contributed by atoms with van der Waals surface area (Å²) in [6.45, 7) is 0.126. The Morgan fingerprint density at radius 3 is 2.84 bits per heavy atom. The molecule has 2 aromatic rings. The average molecular weight is 261 g/mol. The van der Waals surface area contributed by atoms with E-state index < -0.39 is 11.0 Å². The standard InChI is InChI=1S/C12H11N3O4/c1-14(12(16)17)7-8-4-5-10(15(18)19)9-3-2-6-13-11(8)9/h2-6H,7H2,1H3,(H,16,17). The molecular weight excluding hydrogens is 250 g/mol. The van der Waals surface area contributed by atoms with E-state index in [1.807, 2.05) is 0 Å². The van der Waals surface area contributed by atoms with E-state index in [4.69, 9.17) is 5.11 Å². The highest BCUT2D eigenvalue weighted by molar-refractivity contribution is 5.90. The van der Waals surface area contributed by atoms with Gasteiger partial charge in [-0.15, -0.1) is 0 Å². The first-order valence-corrected chi connectivity index (χ1v) is 5.45. The maximum absolute atomic E-state index is 10.9. The van der Waals surface area contributed by atoms with Crippen molar-refractivity contribution >= 4 is 22.7 Å². The summed E-state index contributed by atoms with van der Waals surface area (Å²) in [5, 5.41) is 20.2. The van der Waals surface area contributed by atoms with Crippen LogP contribution in [-0.4, -0.2) is 33.1 Å². The van der Waals surface area contributed by atoms with E-state index in [1.54, 1.807) is 12.1 Å². The molecule has 0 spiro atoms. The largest absolute Gasteiger partial charge is 0.465 e. The highest BCUT2D eigenvalue weighted by atomic mass is 16.6. The summed E-state index contributed by atoms with van der Waals surface area (Å²) in [5.41, 5.74) is 1.04. The van der Waals surface area contributed by atoms with Gasteiger partial charge in [-0.05, 0) is 23.8 Å². The summed E-state index contributed by atoms with van der Waals surface area (Å²) in [6, 6.07) is 6.12. The van der Waals surface area contributed by atoms with E-state index in [9.17, 15) is 14.9 Å². The third-order valence-electron chi connectivity index (χ3n) is 2.76. The van der Waals surface area contributed by atoms with E-state index in [1.165, 1.54) is 25.4 Å². The summed E-state index contributed by atoms with van der Waals surface area (Å²) in [7, 11) is 1.43. The lowest BCUT2D eigenvalue weighted by Gasteiger charge is -2.14. The number of carbonyl (C=O) groups is 1. The van der Waals surface area contributed by atoms with Crippen LogP contribution < -0.4 is 0 Å². The molecule has 0 aliphatic rings. The molecule has 7 nitrogen and oxygen atoms in total. The molecule has 0 fully saturated rings. The lowest BCUT2D eigenvalue weighted by atomic mass is 10.1. The van der Waals surface area contributed by atoms with Crippen LogP contribution in [0.2, 0.25) is 0 Å². The van der Waals surface area contributed by atoms with E-state index in [-0.39, 0.29) is 12.2 Å². The number of nitrogens with zero attached hydrogens (tertiary/aromatic N) is 3. The predicted octanol–water partition coefficient (Wildman–Crippen LogP) is 2.25.